The molecule has 2 aromatic heterocycles. The molecule has 0 radical (unpaired) electrons. The summed E-state index contributed by atoms with van der Waals surface area (Å²) in [5, 5.41) is 8.22. The molecule has 0 saturated carbocycles. The Bertz CT molecular complexity index is 1510. The smallest absolute Gasteiger partial charge is 0.294 e. The Morgan fingerprint density at radius 1 is 0.750 bits per heavy atom. The van der Waals surface area contributed by atoms with E-state index in [1.54, 1.807) is 24.3 Å². The van der Waals surface area contributed by atoms with Crippen molar-refractivity contribution in [2.45, 2.75) is 9.79 Å². The van der Waals surface area contributed by atoms with E-state index in [-0.39, 0.29) is 21.3 Å². The third-order valence-electron chi connectivity index (χ3n) is 4.41. The Kier molecular flexibility index (Phi) is 5.52. The maximum Gasteiger partial charge on any atom is 0.294 e. The molecule has 2 aromatic carbocycles. The summed E-state index contributed by atoms with van der Waals surface area (Å²) in [6.45, 7) is 0. The van der Waals surface area contributed by atoms with Crippen molar-refractivity contribution in [3.8, 4) is 34.0 Å². The molecular weight excluding hydrogens is 456 g/mol. The van der Waals surface area contributed by atoms with Crippen molar-refractivity contribution >= 4 is 20.2 Å². The van der Waals surface area contributed by atoms with E-state index in [9.17, 15) is 25.9 Å². The van der Waals surface area contributed by atoms with Gasteiger partial charge in [-0.15, -0.1) is 10.2 Å². The van der Waals surface area contributed by atoms with Crippen molar-refractivity contribution in [2.24, 2.45) is 0 Å². The maximum absolute atomic E-state index is 11.4. The molecule has 10 nitrogen and oxygen atoms in total. The molecule has 4 rings (SSSR count). The van der Waals surface area contributed by atoms with Crippen molar-refractivity contribution < 1.29 is 25.9 Å². The van der Waals surface area contributed by atoms with Gasteiger partial charge in [0.2, 0.25) is 5.82 Å². The highest BCUT2D eigenvalue weighted by Gasteiger charge is 2.17. The summed E-state index contributed by atoms with van der Waals surface area (Å²) in [5.41, 5.74) is 1.87. The lowest BCUT2D eigenvalue weighted by atomic mass is 10.0. The van der Waals surface area contributed by atoms with Crippen LogP contribution < -0.4 is 0 Å². The van der Waals surface area contributed by atoms with Crippen LogP contribution in [0.15, 0.2) is 82.7 Å². The van der Waals surface area contributed by atoms with E-state index in [4.69, 9.17) is 0 Å². The molecule has 162 valence electrons. The molecule has 0 aliphatic heterocycles. The van der Waals surface area contributed by atoms with E-state index in [2.05, 4.69) is 20.2 Å². The molecule has 4 aromatic rings. The number of hydrogen-bond acceptors (Lipinski definition) is 9. The summed E-state index contributed by atoms with van der Waals surface area (Å²) in [6.07, 6.45) is 1.19. The summed E-state index contributed by atoms with van der Waals surface area (Å²) < 4.78 is 65.8. The predicted molar refractivity (Wildman–Crippen MR) is 112 cm³/mol. The quantitative estimate of drug-likeness (QED) is 0.429. The van der Waals surface area contributed by atoms with Crippen LogP contribution in [0, 0.1) is 0 Å². The fourth-order valence-electron chi connectivity index (χ4n) is 2.90. The first-order valence-electron chi connectivity index (χ1n) is 8.93. The van der Waals surface area contributed by atoms with Gasteiger partial charge in [0.1, 0.15) is 27.2 Å². The predicted octanol–water partition coefficient (Wildman–Crippen LogP) is 2.42. The van der Waals surface area contributed by atoms with Gasteiger partial charge in [-0.1, -0.05) is 42.5 Å². The van der Waals surface area contributed by atoms with Crippen molar-refractivity contribution in [1.82, 2.24) is 20.2 Å². The Morgan fingerprint density at radius 2 is 1.41 bits per heavy atom. The van der Waals surface area contributed by atoms with Gasteiger partial charge in [0.15, 0.2) is 0 Å². The third kappa shape index (κ3) is 4.53. The number of rotatable bonds is 5. The molecule has 32 heavy (non-hydrogen) atoms. The Morgan fingerprint density at radius 3 is 2.03 bits per heavy atom. The molecular formula is C20H13N4O6S2-. The van der Waals surface area contributed by atoms with Crippen molar-refractivity contribution in [2.75, 3.05) is 0 Å². The van der Waals surface area contributed by atoms with E-state index in [1.807, 2.05) is 6.07 Å². The molecule has 2 heterocycles. The summed E-state index contributed by atoms with van der Waals surface area (Å²) in [4.78, 5) is 7.80. The molecule has 0 unspecified atom stereocenters. The Balaban J connectivity index is 1.88. The lowest BCUT2D eigenvalue weighted by Gasteiger charge is -2.11. The molecule has 0 amide bonds. The van der Waals surface area contributed by atoms with E-state index < -0.39 is 20.2 Å². The Hall–Kier alpha value is -3.58. The summed E-state index contributed by atoms with van der Waals surface area (Å²) in [7, 11) is -9.06. The standard InChI is InChI=1S/C20H14N4O6S2/c25-31(26,27)15-8-6-14(7-9-15)19-18(13-4-2-1-3-5-13)22-20(24-23-19)17-12-16(10-11-21-17)32(28,29)30/h1-12H,(H,25,26,27)(H,28,29,30)/p-1. The fraction of sp³-hybridized carbons (Fsp3) is 0. The molecule has 1 N–H and O–H groups in total. The number of nitrogens with zero attached hydrogens (tertiary/aromatic N) is 4. The minimum atomic E-state index is -4.60. The van der Waals surface area contributed by atoms with Crippen LogP contribution in [0.4, 0.5) is 0 Å². The molecule has 0 aliphatic carbocycles. The van der Waals surface area contributed by atoms with Crippen LogP contribution in [0.2, 0.25) is 0 Å². The zero-order valence-corrected chi connectivity index (χ0v) is 17.7. The van der Waals surface area contributed by atoms with Crippen LogP contribution in [0.3, 0.4) is 0 Å². The number of aromatic nitrogens is 4. The van der Waals surface area contributed by atoms with Gasteiger partial charge in [0, 0.05) is 17.3 Å². The average molecular weight is 469 g/mol. The highest BCUT2D eigenvalue weighted by molar-refractivity contribution is 7.86. The van der Waals surface area contributed by atoms with E-state index >= 15 is 0 Å². The second kappa shape index (κ2) is 8.16. The van der Waals surface area contributed by atoms with Gasteiger partial charge >= 0.3 is 0 Å². The highest BCUT2D eigenvalue weighted by Crippen LogP contribution is 2.30. The van der Waals surface area contributed by atoms with Crippen LogP contribution in [-0.4, -0.2) is 46.1 Å². The van der Waals surface area contributed by atoms with Gasteiger partial charge in [-0.2, -0.15) is 8.42 Å². The largest absolute Gasteiger partial charge is 0.744 e. The van der Waals surface area contributed by atoms with E-state index in [1.165, 1.54) is 30.5 Å². The molecule has 0 atom stereocenters. The lowest BCUT2D eigenvalue weighted by Crippen LogP contribution is -2.03. The van der Waals surface area contributed by atoms with Gasteiger partial charge in [-0.25, -0.2) is 13.4 Å². The van der Waals surface area contributed by atoms with Crippen molar-refractivity contribution in [1.29, 1.82) is 0 Å². The van der Waals surface area contributed by atoms with Gasteiger partial charge in [-0.05, 0) is 24.3 Å². The zero-order valence-electron chi connectivity index (χ0n) is 16.0. The first-order valence-corrected chi connectivity index (χ1v) is 11.8. The average Bonchev–Trinajstić information content (AvgIpc) is 2.78. The first kappa shape index (κ1) is 21.6. The van der Waals surface area contributed by atoms with Gasteiger partial charge in [-0.3, -0.25) is 9.54 Å². The van der Waals surface area contributed by atoms with E-state index in [0.717, 1.165) is 12.1 Å². The number of hydrogen-bond donors (Lipinski definition) is 1. The van der Waals surface area contributed by atoms with Crippen LogP contribution in [0.5, 0.6) is 0 Å². The normalized spacial score (nSPS) is 11.9. The van der Waals surface area contributed by atoms with Crippen LogP contribution >= 0.6 is 0 Å². The molecule has 0 fully saturated rings. The van der Waals surface area contributed by atoms with Crippen LogP contribution in [-0.2, 0) is 20.2 Å². The van der Waals surface area contributed by atoms with E-state index in [0.29, 0.717) is 22.5 Å². The SMILES string of the molecule is O=S(=O)([O-])c1ccc(-c2nnc(-c3cc(S(=O)(=O)O)ccn3)nc2-c2ccccc2)cc1. The van der Waals surface area contributed by atoms with Crippen molar-refractivity contribution in [3.05, 3.63) is 72.9 Å². The second-order valence-corrected chi connectivity index (χ2v) is 9.33. The minimum Gasteiger partial charge on any atom is -0.744 e. The minimum absolute atomic E-state index is 0.0110. The van der Waals surface area contributed by atoms with Crippen molar-refractivity contribution in [3.63, 3.8) is 0 Å². The summed E-state index contributed by atoms with van der Waals surface area (Å²) in [5.74, 6) is 0.0110. The lowest BCUT2D eigenvalue weighted by molar-refractivity contribution is 0.463. The molecule has 12 heteroatoms. The molecule has 0 saturated heterocycles. The van der Waals surface area contributed by atoms with Crippen LogP contribution in [0.25, 0.3) is 34.0 Å². The first-order chi connectivity index (χ1) is 15.1. The Labute approximate surface area is 183 Å². The fourth-order valence-corrected chi connectivity index (χ4v) is 3.86. The summed E-state index contributed by atoms with van der Waals surface area (Å²) in [6, 6.07) is 16.3. The summed E-state index contributed by atoms with van der Waals surface area (Å²) >= 11 is 0. The maximum atomic E-state index is 11.4. The number of pyridine rings is 1. The topological polar surface area (TPSA) is 163 Å². The van der Waals surface area contributed by atoms with Gasteiger partial charge < -0.3 is 4.55 Å². The third-order valence-corrected chi connectivity index (χ3v) is 6.11. The number of benzene rings is 2. The molecule has 0 bridgehead atoms. The highest BCUT2D eigenvalue weighted by atomic mass is 32.2. The van der Waals surface area contributed by atoms with Gasteiger partial charge in [0.05, 0.1) is 9.79 Å². The zero-order chi connectivity index (χ0) is 22.9. The second-order valence-electron chi connectivity index (χ2n) is 6.53. The van der Waals surface area contributed by atoms with Crippen LogP contribution in [0.1, 0.15) is 0 Å². The molecule has 0 aliphatic rings. The molecule has 0 spiro atoms. The van der Waals surface area contributed by atoms with Gasteiger partial charge in [0.25, 0.3) is 10.1 Å². The monoisotopic (exact) mass is 469 g/mol.